The molecule has 3 heterocycles. The van der Waals surface area contributed by atoms with Crippen LogP contribution in [-0.2, 0) is 6.54 Å². The smallest absolute Gasteiger partial charge is 0.225 e. The van der Waals surface area contributed by atoms with Gasteiger partial charge in [-0.25, -0.2) is 9.97 Å². The maximum atomic E-state index is 4.55. The quantitative estimate of drug-likeness (QED) is 0.866. The van der Waals surface area contributed by atoms with Gasteiger partial charge in [0.05, 0.1) is 0 Å². The predicted octanol–water partition coefficient (Wildman–Crippen LogP) is 2.28. The lowest BCUT2D eigenvalue weighted by atomic mass is 10.0. The zero-order chi connectivity index (χ0) is 15.4. The fourth-order valence-electron chi connectivity index (χ4n) is 3.01. The van der Waals surface area contributed by atoms with Gasteiger partial charge in [-0.1, -0.05) is 0 Å². The summed E-state index contributed by atoms with van der Waals surface area (Å²) in [5.74, 6) is 0.829. The molecule has 1 unspecified atom stereocenters. The van der Waals surface area contributed by atoms with Crippen LogP contribution in [0.4, 0.5) is 5.95 Å². The molecule has 0 radical (unpaired) electrons. The highest BCUT2D eigenvalue weighted by atomic mass is 15.3. The molecule has 2 aromatic heterocycles. The van der Waals surface area contributed by atoms with Crippen molar-refractivity contribution in [3.63, 3.8) is 0 Å². The summed E-state index contributed by atoms with van der Waals surface area (Å²) >= 11 is 0. The first-order valence-corrected chi connectivity index (χ1v) is 7.86. The number of anilines is 1. The molecule has 3 rings (SSSR count). The van der Waals surface area contributed by atoms with Crippen LogP contribution in [0.15, 0.2) is 36.8 Å². The highest BCUT2D eigenvalue weighted by molar-refractivity contribution is 5.31. The number of piperidine rings is 1. The number of rotatable bonds is 4. The van der Waals surface area contributed by atoms with E-state index in [1.54, 1.807) is 0 Å². The summed E-state index contributed by atoms with van der Waals surface area (Å²) in [6.45, 7) is 5.20. The molecule has 22 heavy (non-hydrogen) atoms. The summed E-state index contributed by atoms with van der Waals surface area (Å²) in [7, 11) is 2.11. The third-order valence-electron chi connectivity index (χ3n) is 4.28. The Bertz CT molecular complexity index is 601. The first-order chi connectivity index (χ1) is 10.7. The molecule has 0 N–H and O–H groups in total. The van der Waals surface area contributed by atoms with Gasteiger partial charge < -0.3 is 4.90 Å². The summed E-state index contributed by atoms with van der Waals surface area (Å²) < 4.78 is 0. The average Bonchev–Trinajstić information content (AvgIpc) is 2.55. The standard InChI is InChI=1S/C17H23N5/c1-14-5-10-19-17(20-14)21(2)16-4-3-11-22(13-16)12-15-6-8-18-9-7-15/h5-10,16H,3-4,11-13H2,1-2H3. The Labute approximate surface area is 132 Å². The van der Waals surface area contributed by atoms with Crippen molar-refractivity contribution < 1.29 is 0 Å². The van der Waals surface area contributed by atoms with Crippen LogP contribution >= 0.6 is 0 Å². The van der Waals surface area contributed by atoms with Crippen LogP contribution in [0.1, 0.15) is 24.1 Å². The Morgan fingerprint density at radius 2 is 2.05 bits per heavy atom. The van der Waals surface area contributed by atoms with Gasteiger partial charge >= 0.3 is 0 Å². The van der Waals surface area contributed by atoms with Gasteiger partial charge in [-0.15, -0.1) is 0 Å². The molecule has 1 atom stereocenters. The van der Waals surface area contributed by atoms with E-state index in [1.165, 1.54) is 18.4 Å². The van der Waals surface area contributed by atoms with E-state index in [2.05, 4.69) is 43.9 Å². The molecule has 0 amide bonds. The van der Waals surface area contributed by atoms with E-state index in [0.717, 1.165) is 31.3 Å². The minimum atomic E-state index is 0.470. The Balaban J connectivity index is 1.65. The molecule has 5 nitrogen and oxygen atoms in total. The number of hydrogen-bond acceptors (Lipinski definition) is 5. The highest BCUT2D eigenvalue weighted by Crippen LogP contribution is 2.20. The molecular formula is C17H23N5. The summed E-state index contributed by atoms with van der Waals surface area (Å²) in [5.41, 5.74) is 2.34. The van der Waals surface area contributed by atoms with Gasteiger partial charge in [0.15, 0.2) is 0 Å². The van der Waals surface area contributed by atoms with Gasteiger partial charge in [-0.3, -0.25) is 9.88 Å². The molecule has 0 aliphatic carbocycles. The van der Waals surface area contributed by atoms with Gasteiger partial charge in [0, 0.05) is 50.5 Å². The van der Waals surface area contributed by atoms with Crippen molar-refractivity contribution >= 4 is 5.95 Å². The number of nitrogens with zero attached hydrogens (tertiary/aromatic N) is 5. The largest absolute Gasteiger partial charge is 0.340 e. The zero-order valence-electron chi connectivity index (χ0n) is 13.3. The molecule has 1 saturated heterocycles. The van der Waals surface area contributed by atoms with Crippen LogP contribution in [0.3, 0.4) is 0 Å². The van der Waals surface area contributed by atoms with Gasteiger partial charge in [0.1, 0.15) is 0 Å². The summed E-state index contributed by atoms with van der Waals surface area (Å²) in [6.07, 6.45) is 7.98. The van der Waals surface area contributed by atoms with Crippen LogP contribution in [-0.4, -0.2) is 46.0 Å². The van der Waals surface area contributed by atoms with Crippen LogP contribution in [0.5, 0.6) is 0 Å². The Hall–Kier alpha value is -2.01. The van der Waals surface area contributed by atoms with Crippen LogP contribution in [0, 0.1) is 6.92 Å². The molecule has 5 heteroatoms. The molecule has 116 valence electrons. The van der Waals surface area contributed by atoms with E-state index in [-0.39, 0.29) is 0 Å². The molecule has 0 spiro atoms. The van der Waals surface area contributed by atoms with Crippen molar-refractivity contribution in [2.75, 3.05) is 25.0 Å². The normalized spacial score (nSPS) is 19.1. The van der Waals surface area contributed by atoms with Gasteiger partial charge in [-0.2, -0.15) is 0 Å². The maximum absolute atomic E-state index is 4.55. The van der Waals surface area contributed by atoms with Gasteiger partial charge in [0.25, 0.3) is 0 Å². The predicted molar refractivity (Wildman–Crippen MR) is 87.7 cm³/mol. The lowest BCUT2D eigenvalue weighted by Gasteiger charge is -2.37. The fraction of sp³-hybridized carbons (Fsp3) is 0.471. The van der Waals surface area contributed by atoms with Gasteiger partial charge in [0.2, 0.25) is 5.95 Å². The van der Waals surface area contributed by atoms with Crippen molar-refractivity contribution in [1.29, 1.82) is 0 Å². The summed E-state index contributed by atoms with van der Waals surface area (Å²) in [4.78, 5) is 17.8. The second-order valence-corrected chi connectivity index (χ2v) is 6.00. The molecular weight excluding hydrogens is 274 g/mol. The fourth-order valence-corrected chi connectivity index (χ4v) is 3.01. The zero-order valence-corrected chi connectivity index (χ0v) is 13.3. The maximum Gasteiger partial charge on any atom is 0.225 e. The van der Waals surface area contributed by atoms with Crippen LogP contribution in [0.2, 0.25) is 0 Å². The number of hydrogen-bond donors (Lipinski definition) is 0. The van der Waals surface area contributed by atoms with Gasteiger partial charge in [-0.05, 0) is 50.1 Å². The molecule has 0 bridgehead atoms. The number of aromatic nitrogens is 3. The topological polar surface area (TPSA) is 45.2 Å². The Kier molecular flexibility index (Phi) is 4.63. The van der Waals surface area contributed by atoms with E-state index in [0.29, 0.717) is 6.04 Å². The van der Waals surface area contributed by atoms with Crippen molar-refractivity contribution in [2.45, 2.75) is 32.4 Å². The van der Waals surface area contributed by atoms with Crippen molar-refractivity contribution in [2.24, 2.45) is 0 Å². The molecule has 1 aliphatic heterocycles. The second-order valence-electron chi connectivity index (χ2n) is 6.00. The lowest BCUT2D eigenvalue weighted by Crippen LogP contribution is -2.46. The first-order valence-electron chi connectivity index (χ1n) is 7.86. The summed E-state index contributed by atoms with van der Waals surface area (Å²) in [5, 5.41) is 0. The molecule has 0 saturated carbocycles. The van der Waals surface area contributed by atoms with Crippen molar-refractivity contribution in [3.8, 4) is 0 Å². The van der Waals surface area contributed by atoms with E-state index < -0.39 is 0 Å². The molecule has 1 fully saturated rings. The minimum Gasteiger partial charge on any atom is -0.340 e. The third-order valence-corrected chi connectivity index (χ3v) is 4.28. The number of pyridine rings is 1. The number of aryl methyl sites for hydroxylation is 1. The molecule has 0 aromatic carbocycles. The Morgan fingerprint density at radius 3 is 2.82 bits per heavy atom. The van der Waals surface area contributed by atoms with E-state index >= 15 is 0 Å². The minimum absolute atomic E-state index is 0.470. The number of likely N-dealkylation sites (N-methyl/N-ethyl adjacent to an activating group) is 1. The van der Waals surface area contributed by atoms with E-state index in [1.807, 2.05) is 31.6 Å². The van der Waals surface area contributed by atoms with Crippen molar-refractivity contribution in [3.05, 3.63) is 48.0 Å². The first kappa shape index (κ1) is 14.9. The highest BCUT2D eigenvalue weighted by Gasteiger charge is 2.24. The lowest BCUT2D eigenvalue weighted by molar-refractivity contribution is 0.198. The monoisotopic (exact) mass is 297 g/mol. The van der Waals surface area contributed by atoms with E-state index in [9.17, 15) is 0 Å². The third kappa shape index (κ3) is 3.60. The second kappa shape index (κ2) is 6.83. The SMILES string of the molecule is Cc1ccnc(N(C)C2CCCN(Cc3ccncc3)C2)n1. The Morgan fingerprint density at radius 1 is 1.23 bits per heavy atom. The summed E-state index contributed by atoms with van der Waals surface area (Å²) in [6, 6.07) is 6.60. The van der Waals surface area contributed by atoms with Crippen LogP contribution < -0.4 is 4.90 Å². The van der Waals surface area contributed by atoms with E-state index in [4.69, 9.17) is 0 Å². The van der Waals surface area contributed by atoms with Crippen LogP contribution in [0.25, 0.3) is 0 Å². The van der Waals surface area contributed by atoms with Crippen molar-refractivity contribution in [1.82, 2.24) is 19.9 Å². The number of likely N-dealkylation sites (tertiary alicyclic amines) is 1. The molecule has 1 aliphatic rings. The molecule has 2 aromatic rings. The average molecular weight is 297 g/mol.